The molecule has 3 rings (SSSR count). The Labute approximate surface area is 153 Å². The molecule has 2 aromatic heterocycles. The highest BCUT2D eigenvalue weighted by atomic mass is 19.1. The Kier molecular flexibility index (Phi) is 5.70. The number of hydrogen-bond acceptors (Lipinski definition) is 6. The number of piperidine rings is 1. The molecule has 1 aliphatic rings. The van der Waals surface area contributed by atoms with E-state index in [-0.39, 0.29) is 11.9 Å². The predicted octanol–water partition coefficient (Wildman–Crippen LogP) is 1.75. The molecule has 0 radical (unpaired) electrons. The fraction of sp³-hybridized carbons (Fsp3) is 0.579. The van der Waals surface area contributed by atoms with Crippen molar-refractivity contribution in [3.63, 3.8) is 0 Å². The molecular weight excluding hydrogens is 335 g/mol. The number of methoxy groups -OCH3 is 1. The molecule has 0 spiro atoms. The summed E-state index contributed by atoms with van der Waals surface area (Å²) in [6, 6.07) is 3.60. The van der Waals surface area contributed by atoms with Gasteiger partial charge in [-0.1, -0.05) is 6.92 Å². The Morgan fingerprint density at radius 2 is 2.27 bits per heavy atom. The van der Waals surface area contributed by atoms with Crippen molar-refractivity contribution in [1.82, 2.24) is 20.2 Å². The van der Waals surface area contributed by atoms with Gasteiger partial charge in [0.2, 0.25) is 5.88 Å². The number of pyridine rings is 2. The van der Waals surface area contributed by atoms with E-state index in [9.17, 15) is 9.50 Å². The lowest BCUT2D eigenvalue weighted by molar-refractivity contribution is -0.0423. The van der Waals surface area contributed by atoms with E-state index in [1.165, 1.54) is 13.3 Å². The van der Waals surface area contributed by atoms with Gasteiger partial charge in [-0.2, -0.15) is 0 Å². The maximum Gasteiger partial charge on any atom is 0.213 e. The second-order valence-corrected chi connectivity index (χ2v) is 7.09. The van der Waals surface area contributed by atoms with Crippen LogP contribution in [-0.2, 0) is 6.42 Å². The van der Waals surface area contributed by atoms with Gasteiger partial charge in [-0.05, 0) is 38.9 Å². The summed E-state index contributed by atoms with van der Waals surface area (Å²) in [5, 5.41) is 14.1. The van der Waals surface area contributed by atoms with Crippen molar-refractivity contribution in [3.8, 4) is 5.88 Å². The average Bonchev–Trinajstić information content (AvgIpc) is 2.62. The monoisotopic (exact) mass is 362 g/mol. The lowest BCUT2D eigenvalue weighted by atomic mass is 9.89. The number of hydrogen-bond donors (Lipinski definition) is 2. The van der Waals surface area contributed by atoms with Crippen LogP contribution >= 0.6 is 0 Å². The van der Waals surface area contributed by atoms with Gasteiger partial charge in [0.05, 0.1) is 29.9 Å². The van der Waals surface area contributed by atoms with E-state index in [0.717, 1.165) is 19.5 Å². The standard InChI is InChI=1S/C19H27FN4O2/c1-4-21-16-8-10-24(12-19(16,2)25)9-7-13-14(20)11-22-15-5-6-17(26-3)23-18(13)15/h5-6,11,16,21,25H,4,7-10,12H2,1-3H3. The summed E-state index contributed by atoms with van der Waals surface area (Å²) in [5.74, 6) is 0.0908. The number of aliphatic hydroxyl groups is 1. The number of ether oxygens (including phenoxy) is 1. The number of rotatable bonds is 6. The number of nitrogens with zero attached hydrogens (tertiary/aromatic N) is 3. The lowest BCUT2D eigenvalue weighted by Gasteiger charge is -2.43. The number of nitrogens with one attached hydrogen (secondary N) is 1. The van der Waals surface area contributed by atoms with E-state index in [1.54, 1.807) is 12.1 Å². The zero-order valence-corrected chi connectivity index (χ0v) is 15.6. The van der Waals surface area contributed by atoms with E-state index in [2.05, 4.69) is 20.2 Å². The fourth-order valence-corrected chi connectivity index (χ4v) is 3.72. The van der Waals surface area contributed by atoms with E-state index in [0.29, 0.717) is 42.0 Å². The summed E-state index contributed by atoms with van der Waals surface area (Å²) in [4.78, 5) is 10.7. The molecule has 0 amide bonds. The Morgan fingerprint density at radius 3 is 2.96 bits per heavy atom. The maximum atomic E-state index is 14.4. The van der Waals surface area contributed by atoms with E-state index < -0.39 is 5.60 Å². The molecule has 1 saturated heterocycles. The third-order valence-electron chi connectivity index (χ3n) is 5.11. The zero-order valence-electron chi connectivity index (χ0n) is 15.6. The van der Waals surface area contributed by atoms with Crippen LogP contribution in [0.5, 0.6) is 5.88 Å². The van der Waals surface area contributed by atoms with Gasteiger partial charge in [-0.25, -0.2) is 9.37 Å². The number of halogens is 1. The molecule has 2 atom stereocenters. The average molecular weight is 362 g/mol. The molecule has 142 valence electrons. The van der Waals surface area contributed by atoms with Gasteiger partial charge in [0.1, 0.15) is 5.82 Å². The van der Waals surface area contributed by atoms with E-state index in [4.69, 9.17) is 4.74 Å². The first-order valence-electron chi connectivity index (χ1n) is 9.11. The maximum absolute atomic E-state index is 14.4. The minimum absolute atomic E-state index is 0.0909. The Hall–Kier alpha value is -1.83. The molecule has 0 bridgehead atoms. The van der Waals surface area contributed by atoms with Crippen LogP contribution in [0.2, 0.25) is 0 Å². The number of aromatic nitrogens is 2. The quantitative estimate of drug-likeness (QED) is 0.816. The first-order valence-corrected chi connectivity index (χ1v) is 9.11. The van der Waals surface area contributed by atoms with Crippen LogP contribution in [-0.4, -0.2) is 64.9 Å². The highest BCUT2D eigenvalue weighted by Crippen LogP contribution is 2.24. The van der Waals surface area contributed by atoms with Gasteiger partial charge in [-0.3, -0.25) is 4.98 Å². The van der Waals surface area contributed by atoms with Crippen LogP contribution in [0.3, 0.4) is 0 Å². The smallest absolute Gasteiger partial charge is 0.213 e. The van der Waals surface area contributed by atoms with Crippen molar-refractivity contribution in [3.05, 3.63) is 29.7 Å². The zero-order chi connectivity index (χ0) is 18.7. The highest BCUT2D eigenvalue weighted by Gasteiger charge is 2.37. The SMILES string of the molecule is CCNC1CCN(CCc2c(F)cnc3ccc(OC)nc23)CC1(C)O. The van der Waals surface area contributed by atoms with Crippen molar-refractivity contribution in [2.45, 2.75) is 38.3 Å². The van der Waals surface area contributed by atoms with Crippen LogP contribution < -0.4 is 10.1 Å². The topological polar surface area (TPSA) is 70.5 Å². The summed E-state index contributed by atoms with van der Waals surface area (Å²) in [6.07, 6.45) is 2.62. The molecule has 2 N–H and O–H groups in total. The molecule has 0 aliphatic carbocycles. The third-order valence-corrected chi connectivity index (χ3v) is 5.11. The molecule has 3 heterocycles. The van der Waals surface area contributed by atoms with Crippen molar-refractivity contribution < 1.29 is 14.2 Å². The molecular formula is C19H27FN4O2. The van der Waals surface area contributed by atoms with Gasteiger partial charge in [0, 0.05) is 30.8 Å². The van der Waals surface area contributed by atoms with Crippen LogP contribution in [0.15, 0.2) is 18.3 Å². The Morgan fingerprint density at radius 1 is 1.46 bits per heavy atom. The van der Waals surface area contributed by atoms with Crippen LogP contribution in [0, 0.1) is 5.82 Å². The summed E-state index contributed by atoms with van der Waals surface area (Å²) in [6.45, 7) is 6.83. The number of β-amino-alcohol motifs (C(OH)–C–C–N with tert-alkyl or cyclic N) is 1. The second kappa shape index (κ2) is 7.82. The minimum Gasteiger partial charge on any atom is -0.481 e. The molecule has 7 heteroatoms. The summed E-state index contributed by atoms with van der Waals surface area (Å²) in [7, 11) is 1.54. The fourth-order valence-electron chi connectivity index (χ4n) is 3.72. The molecule has 1 fully saturated rings. The van der Waals surface area contributed by atoms with Gasteiger partial charge in [0.15, 0.2) is 0 Å². The van der Waals surface area contributed by atoms with Crippen LogP contribution in [0.1, 0.15) is 25.8 Å². The van der Waals surface area contributed by atoms with Crippen molar-refractivity contribution >= 4 is 11.0 Å². The summed E-state index contributed by atoms with van der Waals surface area (Å²) >= 11 is 0. The van der Waals surface area contributed by atoms with Gasteiger partial charge in [0.25, 0.3) is 0 Å². The number of likely N-dealkylation sites (N-methyl/N-ethyl adjacent to an activating group) is 1. The largest absolute Gasteiger partial charge is 0.481 e. The molecule has 26 heavy (non-hydrogen) atoms. The number of fused-ring (bicyclic) bond motifs is 1. The van der Waals surface area contributed by atoms with Crippen molar-refractivity contribution in [1.29, 1.82) is 0 Å². The molecule has 2 aromatic rings. The van der Waals surface area contributed by atoms with E-state index >= 15 is 0 Å². The van der Waals surface area contributed by atoms with Crippen LogP contribution in [0.4, 0.5) is 4.39 Å². The van der Waals surface area contributed by atoms with Crippen LogP contribution in [0.25, 0.3) is 11.0 Å². The highest BCUT2D eigenvalue weighted by molar-refractivity contribution is 5.78. The summed E-state index contributed by atoms with van der Waals surface area (Å²) in [5.41, 5.74) is 0.940. The van der Waals surface area contributed by atoms with Gasteiger partial charge in [-0.15, -0.1) is 0 Å². The molecule has 0 saturated carbocycles. The lowest BCUT2D eigenvalue weighted by Crippen LogP contribution is -2.60. The Bertz CT molecular complexity index is 769. The van der Waals surface area contributed by atoms with E-state index in [1.807, 2.05) is 13.8 Å². The minimum atomic E-state index is -0.797. The first kappa shape index (κ1) is 18.9. The van der Waals surface area contributed by atoms with Gasteiger partial charge < -0.3 is 20.1 Å². The Balaban J connectivity index is 1.75. The van der Waals surface area contributed by atoms with Crippen molar-refractivity contribution in [2.75, 3.05) is 33.3 Å². The predicted molar refractivity (Wildman–Crippen MR) is 98.9 cm³/mol. The molecule has 2 unspecified atom stereocenters. The third kappa shape index (κ3) is 3.95. The normalized spacial score (nSPS) is 24.1. The molecule has 0 aromatic carbocycles. The number of likely N-dealkylation sites (tertiary alicyclic amines) is 1. The molecule has 1 aliphatic heterocycles. The molecule has 6 nitrogen and oxygen atoms in total. The van der Waals surface area contributed by atoms with Gasteiger partial charge >= 0.3 is 0 Å². The summed E-state index contributed by atoms with van der Waals surface area (Å²) < 4.78 is 19.6. The second-order valence-electron chi connectivity index (χ2n) is 7.09. The first-order chi connectivity index (χ1) is 12.4. The van der Waals surface area contributed by atoms with Crippen molar-refractivity contribution in [2.24, 2.45) is 0 Å².